The Morgan fingerprint density at radius 2 is 1.67 bits per heavy atom. The summed E-state index contributed by atoms with van der Waals surface area (Å²) in [5.41, 5.74) is 5.97. The summed E-state index contributed by atoms with van der Waals surface area (Å²) >= 11 is 0. The number of amides is 2. The molecule has 1 fully saturated rings. The predicted molar refractivity (Wildman–Crippen MR) is 113 cm³/mol. The van der Waals surface area contributed by atoms with Crippen LogP contribution >= 0.6 is 0 Å². The van der Waals surface area contributed by atoms with Crippen LogP contribution in [0.2, 0.25) is 0 Å². The number of aromatic nitrogens is 2. The zero-order valence-corrected chi connectivity index (χ0v) is 17.6. The van der Waals surface area contributed by atoms with Crippen molar-refractivity contribution in [3.05, 3.63) is 64.5 Å². The molecule has 7 nitrogen and oxygen atoms in total. The van der Waals surface area contributed by atoms with Gasteiger partial charge < -0.3 is 14.3 Å². The average molecular weight is 404 g/mol. The van der Waals surface area contributed by atoms with Gasteiger partial charge in [-0.25, -0.2) is 0 Å². The van der Waals surface area contributed by atoms with Crippen LogP contribution < -0.4 is 4.90 Å². The van der Waals surface area contributed by atoms with Crippen molar-refractivity contribution in [1.29, 1.82) is 0 Å². The SMILES string of the molecule is Cc1ccc(C)c(N2CCN(Cc3nc(-c4ccc(C)c(C)c4)no3)C(=O)C2=O)c1. The molecular formula is C23H24N4O3. The van der Waals surface area contributed by atoms with E-state index < -0.39 is 11.8 Å². The summed E-state index contributed by atoms with van der Waals surface area (Å²) in [6.07, 6.45) is 0. The van der Waals surface area contributed by atoms with Crippen LogP contribution in [0.4, 0.5) is 5.69 Å². The van der Waals surface area contributed by atoms with Gasteiger partial charge in [-0.05, 0) is 62.1 Å². The Bertz CT molecular complexity index is 1140. The van der Waals surface area contributed by atoms with Gasteiger partial charge in [-0.15, -0.1) is 0 Å². The Hall–Kier alpha value is -3.48. The first-order chi connectivity index (χ1) is 14.3. The van der Waals surface area contributed by atoms with Crippen LogP contribution in [0.5, 0.6) is 0 Å². The van der Waals surface area contributed by atoms with Crippen LogP contribution in [-0.4, -0.2) is 39.9 Å². The van der Waals surface area contributed by atoms with Crippen LogP contribution in [0.25, 0.3) is 11.4 Å². The largest absolute Gasteiger partial charge is 0.337 e. The molecule has 7 heteroatoms. The number of hydrogen-bond donors (Lipinski definition) is 0. The fourth-order valence-electron chi connectivity index (χ4n) is 3.55. The van der Waals surface area contributed by atoms with Crippen LogP contribution in [0.15, 0.2) is 40.9 Å². The summed E-state index contributed by atoms with van der Waals surface area (Å²) in [4.78, 5) is 32.9. The van der Waals surface area contributed by atoms with Crippen LogP contribution in [0.1, 0.15) is 28.1 Å². The standard InChI is InChI=1S/C23H24N4O3/c1-14-5-6-16(3)19(11-14)27-10-9-26(22(28)23(27)29)13-20-24-21(25-30-20)18-8-7-15(2)17(4)12-18/h5-8,11-12H,9-10,13H2,1-4H3. The van der Waals surface area contributed by atoms with E-state index in [0.717, 1.165) is 27.9 Å². The maximum Gasteiger partial charge on any atom is 0.316 e. The molecule has 0 radical (unpaired) electrons. The molecular weight excluding hydrogens is 380 g/mol. The van der Waals surface area contributed by atoms with Gasteiger partial charge in [0, 0.05) is 24.3 Å². The van der Waals surface area contributed by atoms with Crippen molar-refractivity contribution in [3.8, 4) is 11.4 Å². The zero-order chi connectivity index (χ0) is 21.4. The zero-order valence-electron chi connectivity index (χ0n) is 17.6. The third-order valence-corrected chi connectivity index (χ3v) is 5.52. The van der Waals surface area contributed by atoms with Crippen molar-refractivity contribution >= 4 is 17.5 Å². The summed E-state index contributed by atoms with van der Waals surface area (Å²) in [7, 11) is 0. The van der Waals surface area contributed by atoms with Gasteiger partial charge in [-0.1, -0.05) is 29.4 Å². The molecule has 0 aliphatic carbocycles. The fraction of sp³-hybridized carbons (Fsp3) is 0.304. The Labute approximate surface area is 175 Å². The Morgan fingerprint density at radius 3 is 2.43 bits per heavy atom. The first-order valence-electron chi connectivity index (χ1n) is 9.91. The van der Waals surface area contributed by atoms with E-state index in [-0.39, 0.29) is 6.54 Å². The lowest BCUT2D eigenvalue weighted by molar-refractivity contribution is -0.146. The minimum atomic E-state index is -0.562. The lowest BCUT2D eigenvalue weighted by Gasteiger charge is -2.33. The number of rotatable bonds is 4. The van der Waals surface area contributed by atoms with E-state index in [1.54, 1.807) is 4.90 Å². The number of nitrogens with zero attached hydrogens (tertiary/aromatic N) is 4. The molecule has 0 spiro atoms. The minimum absolute atomic E-state index is 0.114. The smallest absolute Gasteiger partial charge is 0.316 e. The lowest BCUT2D eigenvalue weighted by Crippen LogP contribution is -2.54. The molecule has 1 aromatic heterocycles. The number of benzene rings is 2. The highest BCUT2D eigenvalue weighted by Gasteiger charge is 2.34. The van der Waals surface area contributed by atoms with E-state index in [0.29, 0.717) is 24.8 Å². The Balaban J connectivity index is 1.49. The lowest BCUT2D eigenvalue weighted by atomic mass is 10.1. The van der Waals surface area contributed by atoms with E-state index in [2.05, 4.69) is 10.1 Å². The number of carbonyl (C=O) groups is 2. The molecule has 2 heterocycles. The van der Waals surface area contributed by atoms with Gasteiger partial charge in [0.25, 0.3) is 0 Å². The van der Waals surface area contributed by atoms with Gasteiger partial charge in [0.05, 0.1) is 0 Å². The highest BCUT2D eigenvalue weighted by Crippen LogP contribution is 2.25. The van der Waals surface area contributed by atoms with Gasteiger partial charge in [0.1, 0.15) is 6.54 Å². The summed E-state index contributed by atoms with van der Waals surface area (Å²) in [5.74, 6) is -0.317. The molecule has 0 bridgehead atoms. The summed E-state index contributed by atoms with van der Waals surface area (Å²) in [6.45, 7) is 8.91. The number of aryl methyl sites for hydroxylation is 4. The van der Waals surface area contributed by atoms with Gasteiger partial charge in [0.2, 0.25) is 11.7 Å². The second-order valence-electron chi connectivity index (χ2n) is 7.78. The molecule has 1 aliphatic rings. The van der Waals surface area contributed by atoms with Crippen molar-refractivity contribution in [1.82, 2.24) is 15.0 Å². The fourth-order valence-corrected chi connectivity index (χ4v) is 3.55. The van der Waals surface area contributed by atoms with Crippen molar-refractivity contribution in [2.75, 3.05) is 18.0 Å². The Morgan fingerprint density at radius 1 is 0.900 bits per heavy atom. The molecule has 4 rings (SSSR count). The van der Waals surface area contributed by atoms with Crippen molar-refractivity contribution in [2.24, 2.45) is 0 Å². The molecule has 0 saturated carbocycles. The number of piperazine rings is 1. The average Bonchev–Trinajstić information content (AvgIpc) is 3.18. The number of hydrogen-bond acceptors (Lipinski definition) is 5. The molecule has 1 saturated heterocycles. The summed E-state index contributed by atoms with van der Waals surface area (Å²) in [6, 6.07) is 11.8. The monoisotopic (exact) mass is 404 g/mol. The highest BCUT2D eigenvalue weighted by atomic mass is 16.5. The molecule has 2 amide bonds. The molecule has 3 aromatic rings. The van der Waals surface area contributed by atoms with Gasteiger partial charge >= 0.3 is 11.8 Å². The van der Waals surface area contributed by atoms with Crippen molar-refractivity contribution in [2.45, 2.75) is 34.2 Å². The normalized spacial score (nSPS) is 14.5. The second-order valence-corrected chi connectivity index (χ2v) is 7.78. The first-order valence-corrected chi connectivity index (χ1v) is 9.91. The molecule has 30 heavy (non-hydrogen) atoms. The molecule has 154 valence electrons. The van der Waals surface area contributed by atoms with E-state index in [9.17, 15) is 9.59 Å². The molecule has 0 unspecified atom stereocenters. The van der Waals surface area contributed by atoms with E-state index in [1.165, 1.54) is 10.5 Å². The van der Waals surface area contributed by atoms with E-state index in [4.69, 9.17) is 4.52 Å². The van der Waals surface area contributed by atoms with Crippen LogP contribution in [-0.2, 0) is 16.1 Å². The van der Waals surface area contributed by atoms with Crippen molar-refractivity contribution < 1.29 is 14.1 Å². The van der Waals surface area contributed by atoms with E-state index >= 15 is 0 Å². The predicted octanol–water partition coefficient (Wildman–Crippen LogP) is 3.35. The summed E-state index contributed by atoms with van der Waals surface area (Å²) < 4.78 is 5.34. The molecule has 0 N–H and O–H groups in total. The van der Waals surface area contributed by atoms with Gasteiger partial charge in [0.15, 0.2) is 0 Å². The highest BCUT2D eigenvalue weighted by molar-refractivity contribution is 6.41. The minimum Gasteiger partial charge on any atom is -0.337 e. The molecule has 0 atom stereocenters. The van der Waals surface area contributed by atoms with Gasteiger partial charge in [-0.3, -0.25) is 9.59 Å². The van der Waals surface area contributed by atoms with Gasteiger partial charge in [-0.2, -0.15) is 4.98 Å². The topological polar surface area (TPSA) is 79.5 Å². The number of carbonyl (C=O) groups excluding carboxylic acids is 2. The maximum absolute atomic E-state index is 12.8. The van der Waals surface area contributed by atoms with E-state index in [1.807, 2.05) is 64.1 Å². The summed E-state index contributed by atoms with van der Waals surface area (Å²) in [5, 5.41) is 4.03. The molecule has 2 aromatic carbocycles. The number of anilines is 1. The maximum atomic E-state index is 12.8. The van der Waals surface area contributed by atoms with Crippen LogP contribution in [0, 0.1) is 27.7 Å². The first kappa shape index (κ1) is 19.8. The quantitative estimate of drug-likeness (QED) is 0.623. The van der Waals surface area contributed by atoms with Crippen molar-refractivity contribution in [3.63, 3.8) is 0 Å². The van der Waals surface area contributed by atoms with Crippen LogP contribution in [0.3, 0.4) is 0 Å². The molecule has 1 aliphatic heterocycles. The second kappa shape index (κ2) is 7.74. The third-order valence-electron chi connectivity index (χ3n) is 5.52. The Kier molecular flexibility index (Phi) is 5.11. The third kappa shape index (κ3) is 3.70.